The van der Waals surface area contributed by atoms with E-state index in [1.807, 2.05) is 6.26 Å². The molecule has 0 fully saturated rings. The summed E-state index contributed by atoms with van der Waals surface area (Å²) in [5, 5.41) is 6.84. The molecular formula is C9H17N5S. The number of nitrogens with zero attached hydrogens (tertiary/aromatic N) is 3. The highest BCUT2D eigenvalue weighted by Crippen LogP contribution is 2.16. The maximum Gasteiger partial charge on any atom is 0.228 e. The molecule has 1 rings (SSSR count). The molecule has 0 aliphatic carbocycles. The third-order valence-corrected chi connectivity index (χ3v) is 2.06. The maximum atomic E-state index is 4.27. The molecule has 0 spiro atoms. The summed E-state index contributed by atoms with van der Waals surface area (Å²) in [6, 6.07) is 0. The van der Waals surface area contributed by atoms with E-state index in [1.54, 1.807) is 7.05 Å². The first-order valence-electron chi connectivity index (χ1n) is 4.70. The van der Waals surface area contributed by atoms with Gasteiger partial charge in [-0.05, 0) is 27.0 Å². The molecule has 0 unspecified atom stereocenters. The molecule has 15 heavy (non-hydrogen) atoms. The van der Waals surface area contributed by atoms with Crippen LogP contribution >= 0.6 is 11.8 Å². The Kier molecular flexibility index (Phi) is 3.73. The van der Waals surface area contributed by atoms with E-state index in [0.717, 1.165) is 0 Å². The first-order chi connectivity index (χ1) is 6.94. The van der Waals surface area contributed by atoms with Gasteiger partial charge in [-0.15, -0.1) is 0 Å². The van der Waals surface area contributed by atoms with Crippen LogP contribution in [-0.2, 0) is 0 Å². The molecule has 0 aromatic carbocycles. The number of thioether (sulfide) groups is 1. The van der Waals surface area contributed by atoms with Crippen LogP contribution in [-0.4, -0.2) is 33.8 Å². The summed E-state index contributed by atoms with van der Waals surface area (Å²) in [7, 11) is 1.79. The highest BCUT2D eigenvalue weighted by molar-refractivity contribution is 7.98. The lowest BCUT2D eigenvalue weighted by molar-refractivity contribution is 0.622. The summed E-state index contributed by atoms with van der Waals surface area (Å²) in [6.07, 6.45) is 1.94. The second-order valence-corrected chi connectivity index (χ2v) is 4.87. The lowest BCUT2D eigenvalue weighted by Gasteiger charge is -2.20. The Morgan fingerprint density at radius 3 is 2.13 bits per heavy atom. The molecule has 1 aromatic heterocycles. The minimum atomic E-state index is -0.0535. The summed E-state index contributed by atoms with van der Waals surface area (Å²) < 4.78 is 0. The summed E-state index contributed by atoms with van der Waals surface area (Å²) in [5.41, 5.74) is -0.0535. The summed E-state index contributed by atoms with van der Waals surface area (Å²) in [4.78, 5) is 12.7. The topological polar surface area (TPSA) is 62.7 Å². The van der Waals surface area contributed by atoms with Gasteiger partial charge in [0, 0.05) is 12.6 Å². The Balaban J connectivity index is 2.97. The molecule has 0 bridgehead atoms. The zero-order valence-corrected chi connectivity index (χ0v) is 10.6. The van der Waals surface area contributed by atoms with Crippen LogP contribution in [0.15, 0.2) is 5.16 Å². The number of nitrogens with one attached hydrogen (secondary N) is 2. The minimum Gasteiger partial charge on any atom is -0.357 e. The minimum absolute atomic E-state index is 0.0535. The highest BCUT2D eigenvalue weighted by atomic mass is 32.2. The quantitative estimate of drug-likeness (QED) is 0.768. The second-order valence-electron chi connectivity index (χ2n) is 4.09. The van der Waals surface area contributed by atoms with E-state index < -0.39 is 0 Å². The first-order valence-corrected chi connectivity index (χ1v) is 5.93. The second kappa shape index (κ2) is 4.65. The highest BCUT2D eigenvalue weighted by Gasteiger charge is 2.13. The zero-order chi connectivity index (χ0) is 11.5. The maximum absolute atomic E-state index is 4.27. The van der Waals surface area contributed by atoms with Gasteiger partial charge in [0.1, 0.15) is 0 Å². The normalized spacial score (nSPS) is 11.3. The van der Waals surface area contributed by atoms with Crippen LogP contribution in [0.4, 0.5) is 11.9 Å². The van der Waals surface area contributed by atoms with Gasteiger partial charge in [-0.1, -0.05) is 11.8 Å². The van der Waals surface area contributed by atoms with Gasteiger partial charge >= 0.3 is 0 Å². The zero-order valence-electron chi connectivity index (χ0n) is 9.75. The van der Waals surface area contributed by atoms with Gasteiger partial charge < -0.3 is 10.6 Å². The molecule has 2 N–H and O–H groups in total. The Morgan fingerprint density at radius 1 is 1.07 bits per heavy atom. The summed E-state index contributed by atoms with van der Waals surface area (Å²) >= 11 is 1.50. The SMILES string of the molecule is CNc1nc(NC(C)(C)C)nc(SC)n1. The van der Waals surface area contributed by atoms with Gasteiger partial charge in [0.15, 0.2) is 5.16 Å². The van der Waals surface area contributed by atoms with Crippen molar-refractivity contribution in [3.8, 4) is 0 Å². The van der Waals surface area contributed by atoms with Crippen LogP contribution in [0.2, 0.25) is 0 Å². The molecule has 0 atom stereocenters. The molecule has 0 aliphatic heterocycles. The third-order valence-electron chi connectivity index (χ3n) is 1.51. The van der Waals surface area contributed by atoms with Crippen LogP contribution in [0.3, 0.4) is 0 Å². The van der Waals surface area contributed by atoms with Crippen molar-refractivity contribution in [1.82, 2.24) is 15.0 Å². The van der Waals surface area contributed by atoms with Crippen molar-refractivity contribution in [3.63, 3.8) is 0 Å². The molecular weight excluding hydrogens is 210 g/mol. The van der Waals surface area contributed by atoms with Gasteiger partial charge in [0.05, 0.1) is 0 Å². The molecule has 0 saturated carbocycles. The van der Waals surface area contributed by atoms with Crippen LogP contribution in [0, 0.1) is 0 Å². The van der Waals surface area contributed by atoms with Crippen molar-refractivity contribution in [2.75, 3.05) is 23.9 Å². The smallest absolute Gasteiger partial charge is 0.228 e. The molecule has 1 heterocycles. The van der Waals surface area contributed by atoms with E-state index >= 15 is 0 Å². The Bertz CT molecular complexity index is 312. The largest absolute Gasteiger partial charge is 0.357 e. The molecule has 0 aliphatic rings. The van der Waals surface area contributed by atoms with Crippen LogP contribution < -0.4 is 10.6 Å². The van der Waals surface area contributed by atoms with Crippen LogP contribution in [0.25, 0.3) is 0 Å². The Labute approximate surface area is 94.5 Å². The van der Waals surface area contributed by atoms with Crippen molar-refractivity contribution < 1.29 is 0 Å². The van der Waals surface area contributed by atoms with Crippen molar-refractivity contribution >= 4 is 23.7 Å². The molecule has 5 nitrogen and oxygen atoms in total. The van der Waals surface area contributed by atoms with Gasteiger partial charge in [0.2, 0.25) is 11.9 Å². The van der Waals surface area contributed by atoms with E-state index in [4.69, 9.17) is 0 Å². The van der Waals surface area contributed by atoms with Crippen molar-refractivity contribution in [2.45, 2.75) is 31.5 Å². The van der Waals surface area contributed by atoms with E-state index in [9.17, 15) is 0 Å². The summed E-state index contributed by atoms with van der Waals surface area (Å²) in [6.45, 7) is 6.19. The van der Waals surface area contributed by atoms with Crippen LogP contribution in [0.5, 0.6) is 0 Å². The number of rotatable bonds is 3. The van der Waals surface area contributed by atoms with Gasteiger partial charge in [0.25, 0.3) is 0 Å². The number of hydrogen-bond donors (Lipinski definition) is 2. The fourth-order valence-electron chi connectivity index (χ4n) is 0.951. The average molecular weight is 227 g/mol. The predicted molar refractivity (Wildman–Crippen MR) is 64.5 cm³/mol. The van der Waals surface area contributed by atoms with Gasteiger partial charge in [-0.2, -0.15) is 15.0 Å². The van der Waals surface area contributed by atoms with E-state index in [2.05, 4.69) is 46.4 Å². The van der Waals surface area contributed by atoms with E-state index in [-0.39, 0.29) is 5.54 Å². The third kappa shape index (κ3) is 3.91. The fourth-order valence-corrected chi connectivity index (χ4v) is 1.31. The number of aromatic nitrogens is 3. The van der Waals surface area contributed by atoms with Crippen molar-refractivity contribution in [2.24, 2.45) is 0 Å². The number of hydrogen-bond acceptors (Lipinski definition) is 6. The molecule has 84 valence electrons. The van der Waals surface area contributed by atoms with E-state index in [0.29, 0.717) is 17.1 Å². The van der Waals surface area contributed by atoms with Gasteiger partial charge in [-0.25, -0.2) is 0 Å². The average Bonchev–Trinajstić information content (AvgIpc) is 2.14. The van der Waals surface area contributed by atoms with Crippen molar-refractivity contribution in [1.29, 1.82) is 0 Å². The molecule has 0 amide bonds. The van der Waals surface area contributed by atoms with Crippen molar-refractivity contribution in [3.05, 3.63) is 0 Å². The Hall–Kier alpha value is -1.04. The molecule has 1 aromatic rings. The first kappa shape index (κ1) is 12.0. The summed E-state index contributed by atoms with van der Waals surface area (Å²) in [5.74, 6) is 1.19. The predicted octanol–water partition coefficient (Wildman–Crippen LogP) is 1.85. The van der Waals surface area contributed by atoms with Gasteiger partial charge in [-0.3, -0.25) is 0 Å². The monoisotopic (exact) mass is 227 g/mol. The Morgan fingerprint density at radius 2 is 1.67 bits per heavy atom. The lowest BCUT2D eigenvalue weighted by Crippen LogP contribution is -2.27. The fraction of sp³-hybridized carbons (Fsp3) is 0.667. The number of anilines is 2. The van der Waals surface area contributed by atoms with Crippen LogP contribution in [0.1, 0.15) is 20.8 Å². The molecule has 6 heteroatoms. The van der Waals surface area contributed by atoms with E-state index in [1.165, 1.54) is 11.8 Å². The molecule has 0 radical (unpaired) electrons. The molecule has 0 saturated heterocycles. The lowest BCUT2D eigenvalue weighted by atomic mass is 10.1. The standard InChI is InChI=1S/C9H17N5S/c1-9(2,3)14-7-11-6(10-4)12-8(13-7)15-5/h1-5H3,(H2,10,11,12,13,14).